The third-order valence-electron chi connectivity index (χ3n) is 1.88. The van der Waals surface area contributed by atoms with Gasteiger partial charge in [0.2, 0.25) is 0 Å². The van der Waals surface area contributed by atoms with Crippen molar-refractivity contribution in [2.75, 3.05) is 4.90 Å². The van der Waals surface area contributed by atoms with Crippen LogP contribution in [0.25, 0.3) is 0 Å². The molecule has 0 unspecified atom stereocenters. The molecule has 0 radical (unpaired) electrons. The van der Waals surface area contributed by atoms with Gasteiger partial charge < -0.3 is 0 Å². The lowest BCUT2D eigenvalue weighted by Gasteiger charge is -2.30. The van der Waals surface area contributed by atoms with Gasteiger partial charge in [-0.2, -0.15) is 13.2 Å². The number of halogens is 4. The van der Waals surface area contributed by atoms with E-state index in [4.69, 9.17) is 0 Å². The Kier molecular flexibility index (Phi) is 3.86. The number of hydrogen-bond acceptors (Lipinski definition) is 1. The topological polar surface area (TPSA) is 3.24 Å². The summed E-state index contributed by atoms with van der Waals surface area (Å²) in [5.41, 5.74) is 0.185. The first-order valence-corrected chi connectivity index (χ1v) is 5.52. The summed E-state index contributed by atoms with van der Waals surface area (Å²) in [5.74, 6) is 0. The Morgan fingerprint density at radius 3 is 2.27 bits per heavy atom. The Hall–Kier alpha value is -0.460. The van der Waals surface area contributed by atoms with E-state index in [0.29, 0.717) is 4.90 Å². The Labute approximate surface area is 100 Å². The molecule has 0 atom stereocenters. The monoisotopic (exact) mass is 329 g/mol. The lowest BCUT2D eigenvalue weighted by atomic mass is 10.2. The molecule has 0 saturated carbocycles. The van der Waals surface area contributed by atoms with Crippen LogP contribution in [0.1, 0.15) is 13.8 Å². The van der Waals surface area contributed by atoms with Crippen molar-refractivity contribution in [1.82, 2.24) is 0 Å². The molecule has 0 amide bonds. The second-order valence-electron chi connectivity index (χ2n) is 3.41. The summed E-state index contributed by atoms with van der Waals surface area (Å²) in [7, 11) is 0. The number of nitrogens with zero attached hydrogens (tertiary/aromatic N) is 1. The van der Waals surface area contributed by atoms with E-state index in [9.17, 15) is 13.2 Å². The predicted octanol–water partition coefficient (Wildman–Crippen LogP) is 4.03. The summed E-state index contributed by atoms with van der Waals surface area (Å²) < 4.78 is 38.9. The van der Waals surface area contributed by atoms with Gasteiger partial charge in [0.1, 0.15) is 0 Å². The minimum atomic E-state index is -4.33. The third kappa shape index (κ3) is 3.25. The maximum atomic E-state index is 12.7. The van der Waals surface area contributed by atoms with Crippen LogP contribution in [-0.4, -0.2) is 12.3 Å². The first-order chi connectivity index (χ1) is 6.82. The van der Waals surface area contributed by atoms with Crippen LogP contribution < -0.4 is 4.90 Å². The SMILES string of the molecule is CC(C)N(c1cccc(I)c1)C(F)(F)F. The maximum Gasteiger partial charge on any atom is 0.485 e. The van der Waals surface area contributed by atoms with Crippen molar-refractivity contribution < 1.29 is 13.2 Å². The Bertz CT molecular complexity index is 336. The number of benzene rings is 1. The molecule has 0 aliphatic carbocycles. The van der Waals surface area contributed by atoms with E-state index in [1.54, 1.807) is 12.1 Å². The highest BCUT2D eigenvalue weighted by Gasteiger charge is 2.39. The largest absolute Gasteiger partial charge is 0.485 e. The second kappa shape index (κ2) is 4.59. The normalized spacial score (nSPS) is 11.9. The Morgan fingerprint density at radius 1 is 1.27 bits per heavy atom. The minimum absolute atomic E-state index is 0.185. The highest BCUT2D eigenvalue weighted by atomic mass is 127. The van der Waals surface area contributed by atoms with E-state index in [0.717, 1.165) is 3.57 Å². The van der Waals surface area contributed by atoms with Crippen molar-refractivity contribution in [1.29, 1.82) is 0 Å². The molecule has 1 rings (SSSR count). The quantitative estimate of drug-likeness (QED) is 0.585. The van der Waals surface area contributed by atoms with E-state index in [1.807, 2.05) is 22.6 Å². The molecule has 0 saturated heterocycles. The molecule has 0 spiro atoms. The van der Waals surface area contributed by atoms with Gasteiger partial charge in [-0.1, -0.05) is 6.07 Å². The van der Waals surface area contributed by atoms with Gasteiger partial charge in [0.25, 0.3) is 0 Å². The molecular formula is C10H11F3IN. The summed E-state index contributed by atoms with van der Waals surface area (Å²) in [4.78, 5) is 0.454. The van der Waals surface area contributed by atoms with Gasteiger partial charge >= 0.3 is 6.30 Å². The molecule has 0 aliphatic rings. The smallest absolute Gasteiger partial charge is 0.282 e. The predicted molar refractivity (Wildman–Crippen MR) is 62.8 cm³/mol. The van der Waals surface area contributed by atoms with Gasteiger partial charge in [-0.25, -0.2) is 0 Å². The number of rotatable bonds is 2. The molecule has 15 heavy (non-hydrogen) atoms. The van der Waals surface area contributed by atoms with Gasteiger partial charge in [-0.3, -0.25) is 4.90 Å². The fraction of sp³-hybridized carbons (Fsp3) is 0.400. The van der Waals surface area contributed by atoms with Gasteiger partial charge in [-0.05, 0) is 54.6 Å². The molecule has 0 bridgehead atoms. The molecular weight excluding hydrogens is 318 g/mol. The van der Waals surface area contributed by atoms with Crippen molar-refractivity contribution in [2.45, 2.75) is 26.2 Å². The van der Waals surface area contributed by atoms with Crippen molar-refractivity contribution in [3.63, 3.8) is 0 Å². The number of hydrogen-bond donors (Lipinski definition) is 0. The fourth-order valence-electron chi connectivity index (χ4n) is 1.36. The second-order valence-corrected chi connectivity index (χ2v) is 4.66. The molecule has 0 N–H and O–H groups in total. The van der Waals surface area contributed by atoms with Crippen LogP contribution in [-0.2, 0) is 0 Å². The summed E-state index contributed by atoms with van der Waals surface area (Å²) in [6.45, 7) is 3.04. The van der Waals surface area contributed by atoms with E-state index in [2.05, 4.69) is 0 Å². The van der Waals surface area contributed by atoms with Crippen LogP contribution in [0.2, 0.25) is 0 Å². The summed E-state index contributed by atoms with van der Waals surface area (Å²) in [5, 5.41) is 0. The van der Waals surface area contributed by atoms with Crippen molar-refractivity contribution >= 4 is 28.3 Å². The van der Waals surface area contributed by atoms with Crippen LogP contribution in [0.15, 0.2) is 24.3 Å². The highest BCUT2D eigenvalue weighted by Crippen LogP contribution is 2.31. The summed E-state index contributed by atoms with van der Waals surface area (Å²) in [6, 6.07) is 5.77. The average molecular weight is 329 g/mol. The molecule has 84 valence electrons. The van der Waals surface area contributed by atoms with Crippen LogP contribution in [0.5, 0.6) is 0 Å². The lowest BCUT2D eigenvalue weighted by Crippen LogP contribution is -2.43. The number of alkyl halides is 3. The van der Waals surface area contributed by atoms with Crippen LogP contribution in [0, 0.1) is 3.57 Å². The Balaban J connectivity index is 3.11. The summed E-state index contributed by atoms with van der Waals surface area (Å²) >= 11 is 2.00. The molecule has 0 aliphatic heterocycles. The van der Waals surface area contributed by atoms with Gasteiger partial charge in [0.15, 0.2) is 0 Å². The molecule has 0 aromatic heterocycles. The number of anilines is 1. The molecule has 0 heterocycles. The van der Waals surface area contributed by atoms with Gasteiger partial charge in [0, 0.05) is 15.3 Å². The zero-order chi connectivity index (χ0) is 11.6. The Morgan fingerprint density at radius 2 is 1.87 bits per heavy atom. The zero-order valence-corrected chi connectivity index (χ0v) is 10.5. The first kappa shape index (κ1) is 12.6. The van der Waals surface area contributed by atoms with Crippen LogP contribution in [0.3, 0.4) is 0 Å². The van der Waals surface area contributed by atoms with Gasteiger partial charge in [0.05, 0.1) is 0 Å². The van der Waals surface area contributed by atoms with E-state index in [1.165, 1.54) is 26.0 Å². The summed E-state index contributed by atoms with van der Waals surface area (Å²) in [6.07, 6.45) is -4.33. The van der Waals surface area contributed by atoms with Crippen LogP contribution >= 0.6 is 22.6 Å². The van der Waals surface area contributed by atoms with Gasteiger partial charge in [-0.15, -0.1) is 0 Å². The molecule has 1 aromatic rings. The van der Waals surface area contributed by atoms with Crippen molar-refractivity contribution in [2.24, 2.45) is 0 Å². The van der Waals surface area contributed by atoms with E-state index < -0.39 is 12.3 Å². The molecule has 0 fully saturated rings. The minimum Gasteiger partial charge on any atom is -0.282 e. The average Bonchev–Trinajstić information content (AvgIpc) is 1.99. The molecule has 1 aromatic carbocycles. The fourth-order valence-corrected chi connectivity index (χ4v) is 1.89. The van der Waals surface area contributed by atoms with E-state index >= 15 is 0 Å². The van der Waals surface area contributed by atoms with Crippen molar-refractivity contribution in [3.8, 4) is 0 Å². The first-order valence-electron chi connectivity index (χ1n) is 4.44. The maximum absolute atomic E-state index is 12.7. The molecule has 1 nitrogen and oxygen atoms in total. The molecule has 5 heteroatoms. The van der Waals surface area contributed by atoms with Crippen LogP contribution in [0.4, 0.5) is 18.9 Å². The van der Waals surface area contributed by atoms with E-state index in [-0.39, 0.29) is 5.69 Å². The third-order valence-corrected chi connectivity index (χ3v) is 2.55. The zero-order valence-electron chi connectivity index (χ0n) is 8.35. The standard InChI is InChI=1S/C10H11F3IN/c1-7(2)15(10(11,12)13)9-5-3-4-8(14)6-9/h3-7H,1-2H3. The van der Waals surface area contributed by atoms with Crippen molar-refractivity contribution in [3.05, 3.63) is 27.8 Å². The lowest BCUT2D eigenvalue weighted by molar-refractivity contribution is -0.133. The highest BCUT2D eigenvalue weighted by molar-refractivity contribution is 14.1.